The number of nitrogens with one attached hydrogen (secondary N) is 6. The van der Waals surface area contributed by atoms with Gasteiger partial charge in [0.25, 0.3) is 11.8 Å². The number of amides is 6. The highest BCUT2D eigenvalue weighted by Crippen LogP contribution is 2.31. The lowest BCUT2D eigenvalue weighted by Gasteiger charge is -2.37. The van der Waals surface area contributed by atoms with Gasteiger partial charge in [0.15, 0.2) is 5.82 Å². The molecule has 0 spiro atoms. The van der Waals surface area contributed by atoms with Gasteiger partial charge >= 0.3 is 6.03 Å². The first-order valence-electron chi connectivity index (χ1n) is 22.5. The molecule has 1 saturated carbocycles. The molecule has 17 nitrogen and oxygen atoms in total. The molecule has 1 aliphatic carbocycles. The van der Waals surface area contributed by atoms with Crippen LogP contribution in [0.1, 0.15) is 76.8 Å². The third-order valence-corrected chi connectivity index (χ3v) is 12.6. The molecule has 4 heterocycles. The lowest BCUT2D eigenvalue weighted by atomic mass is 9.91. The number of para-hydroxylation sites is 1. The van der Waals surface area contributed by atoms with Crippen molar-refractivity contribution in [3.63, 3.8) is 0 Å². The molecule has 344 valence electrons. The second kappa shape index (κ2) is 21.5. The fraction of sp³-hybridized carbons (Fsp3) is 0.396. The molecule has 1 unspecified atom stereocenters. The number of carbonyl (C=O) groups is 5. The Morgan fingerprint density at radius 2 is 1.67 bits per heavy atom. The maximum atomic E-state index is 13.2. The molecule has 2 saturated heterocycles. The largest absolute Gasteiger partial charge is 0.379 e. The molecule has 3 aromatic carbocycles. The summed E-state index contributed by atoms with van der Waals surface area (Å²) in [7, 11) is 1.58. The van der Waals surface area contributed by atoms with Crippen LogP contribution in [0, 0.1) is 11.8 Å². The van der Waals surface area contributed by atoms with Crippen LogP contribution in [-0.4, -0.2) is 121 Å². The first-order chi connectivity index (χ1) is 32.1. The van der Waals surface area contributed by atoms with Gasteiger partial charge in [-0.25, -0.2) is 9.78 Å². The number of fused-ring (bicyclic) bond motifs is 1. The number of aromatic nitrogens is 2. The standard InChI is InChI=1S/C48H54ClN11O6/c1-50-44(62)37-9-2-3-11-40(37)55-43-39(49)29-52-47(57-43)53-33-16-18-35(19-17-33)58-23-25-59(26-24-58)48(65)54-34-14-12-32(13-15-34)51-22-28-66-27-5-4-7-31-8-6-10-36-38(31)30-60(46(36)64)41-20-21-42(61)56-45(41)63/h2-3,6,8-11,16-19,29,32,34,41,51H,5,12-15,20-28,30H2,1H3,(H,50,62)(H,54,65)(H,56,61,63)(H2,52,53,55,57)/t32-,34+,41?. The van der Waals surface area contributed by atoms with Gasteiger partial charge in [-0.1, -0.05) is 41.6 Å². The highest BCUT2D eigenvalue weighted by atomic mass is 35.5. The van der Waals surface area contributed by atoms with Crippen LogP contribution in [-0.2, 0) is 20.9 Å². The van der Waals surface area contributed by atoms with Gasteiger partial charge in [-0.2, -0.15) is 4.98 Å². The molecule has 66 heavy (non-hydrogen) atoms. The number of ether oxygens (including phenoxy) is 1. The second-order valence-electron chi connectivity index (χ2n) is 16.6. The van der Waals surface area contributed by atoms with Crippen molar-refractivity contribution in [1.29, 1.82) is 0 Å². The van der Waals surface area contributed by atoms with Crippen LogP contribution >= 0.6 is 11.6 Å². The van der Waals surface area contributed by atoms with E-state index in [1.54, 1.807) is 37.4 Å². The summed E-state index contributed by atoms with van der Waals surface area (Å²) in [6, 6.07) is 20.4. The maximum absolute atomic E-state index is 13.2. The van der Waals surface area contributed by atoms with E-state index in [2.05, 4.69) is 58.6 Å². The maximum Gasteiger partial charge on any atom is 0.317 e. The molecule has 8 rings (SSSR count). The van der Waals surface area contributed by atoms with Gasteiger partial charge in [0.05, 0.1) is 30.7 Å². The van der Waals surface area contributed by atoms with Crippen molar-refractivity contribution in [3.05, 3.63) is 100 Å². The lowest BCUT2D eigenvalue weighted by Crippen LogP contribution is -2.54. The fourth-order valence-electron chi connectivity index (χ4n) is 8.75. The van der Waals surface area contributed by atoms with Crippen molar-refractivity contribution in [2.75, 3.05) is 68.5 Å². The summed E-state index contributed by atoms with van der Waals surface area (Å²) in [5.74, 6) is 5.88. The second-order valence-corrected chi connectivity index (χ2v) is 17.0. The molecule has 4 aromatic rings. The Kier molecular flexibility index (Phi) is 14.9. The Labute approximate surface area is 388 Å². The summed E-state index contributed by atoms with van der Waals surface area (Å²) >= 11 is 6.41. The Hall–Kier alpha value is -6.74. The number of halogens is 1. The third-order valence-electron chi connectivity index (χ3n) is 12.4. The number of piperidine rings is 1. The number of hydrogen-bond acceptors (Lipinski definition) is 12. The summed E-state index contributed by atoms with van der Waals surface area (Å²) in [5, 5.41) is 18.5. The number of nitrogens with zero attached hydrogens (tertiary/aromatic N) is 5. The Balaban J connectivity index is 0.695. The van der Waals surface area contributed by atoms with E-state index < -0.39 is 11.9 Å². The van der Waals surface area contributed by atoms with Gasteiger partial charge in [-0.3, -0.25) is 24.5 Å². The number of rotatable bonds is 14. The van der Waals surface area contributed by atoms with Crippen molar-refractivity contribution in [2.24, 2.45) is 0 Å². The molecule has 3 fully saturated rings. The van der Waals surface area contributed by atoms with Crippen LogP contribution in [0.4, 0.5) is 33.6 Å². The first-order valence-corrected chi connectivity index (χ1v) is 22.9. The number of anilines is 5. The molecule has 3 aliphatic heterocycles. The monoisotopic (exact) mass is 915 g/mol. The minimum absolute atomic E-state index is 0.00427. The molecular formula is C48H54ClN11O6. The van der Waals surface area contributed by atoms with Gasteiger partial charge in [0.1, 0.15) is 11.1 Å². The van der Waals surface area contributed by atoms with Crippen molar-refractivity contribution in [3.8, 4) is 11.8 Å². The van der Waals surface area contributed by atoms with Gasteiger partial charge < -0.3 is 46.0 Å². The molecule has 6 amide bonds. The topological polar surface area (TPSA) is 202 Å². The molecule has 4 aliphatic rings. The molecule has 18 heteroatoms. The van der Waals surface area contributed by atoms with Crippen molar-refractivity contribution < 1.29 is 28.7 Å². The average molecular weight is 916 g/mol. The first kappa shape index (κ1) is 45.8. The highest BCUT2D eigenvalue weighted by molar-refractivity contribution is 6.33. The van der Waals surface area contributed by atoms with Gasteiger partial charge in [0, 0.05) is 93.7 Å². The van der Waals surface area contributed by atoms with E-state index >= 15 is 0 Å². The summed E-state index contributed by atoms with van der Waals surface area (Å²) in [6.07, 6.45) is 6.39. The molecule has 0 radical (unpaired) electrons. The molecule has 6 N–H and O–H groups in total. The molecule has 1 atom stereocenters. The quantitative estimate of drug-likeness (QED) is 0.0567. The summed E-state index contributed by atoms with van der Waals surface area (Å²) in [4.78, 5) is 77.2. The van der Waals surface area contributed by atoms with E-state index in [4.69, 9.17) is 16.3 Å². The van der Waals surface area contributed by atoms with Crippen molar-refractivity contribution in [2.45, 2.75) is 69.6 Å². The van der Waals surface area contributed by atoms with Crippen LogP contribution in [0.15, 0.2) is 72.9 Å². The number of benzene rings is 3. The van der Waals surface area contributed by atoms with Gasteiger partial charge in [-0.15, -0.1) is 0 Å². The van der Waals surface area contributed by atoms with Gasteiger partial charge in [-0.05, 0) is 86.2 Å². The minimum atomic E-state index is -0.654. The Bertz CT molecular complexity index is 2500. The Morgan fingerprint density at radius 1 is 0.894 bits per heavy atom. The Morgan fingerprint density at radius 3 is 2.44 bits per heavy atom. The molecular weight excluding hydrogens is 862 g/mol. The summed E-state index contributed by atoms with van der Waals surface area (Å²) in [5.41, 5.74) is 5.02. The normalized spacial score (nSPS) is 19.3. The van der Waals surface area contributed by atoms with Crippen LogP contribution < -0.4 is 36.8 Å². The summed E-state index contributed by atoms with van der Waals surface area (Å²) in [6.45, 7) is 4.80. The third kappa shape index (κ3) is 11.2. The van der Waals surface area contributed by atoms with Gasteiger partial charge in [0.2, 0.25) is 17.8 Å². The zero-order chi connectivity index (χ0) is 46.0. The molecule has 0 bridgehead atoms. The van der Waals surface area contributed by atoms with Crippen LogP contribution in [0.2, 0.25) is 5.02 Å². The molecule has 1 aromatic heterocycles. The smallest absolute Gasteiger partial charge is 0.317 e. The van der Waals surface area contributed by atoms with Crippen molar-refractivity contribution in [1.82, 2.24) is 41.0 Å². The predicted octanol–water partition coefficient (Wildman–Crippen LogP) is 4.93. The zero-order valence-electron chi connectivity index (χ0n) is 36.8. The van der Waals surface area contributed by atoms with E-state index in [0.717, 1.165) is 67.8 Å². The van der Waals surface area contributed by atoms with Crippen LogP contribution in [0.5, 0.6) is 0 Å². The van der Waals surface area contributed by atoms with Crippen LogP contribution in [0.25, 0.3) is 0 Å². The number of imide groups is 1. The van der Waals surface area contributed by atoms with E-state index in [1.165, 1.54) is 11.1 Å². The van der Waals surface area contributed by atoms with E-state index in [-0.39, 0.29) is 36.2 Å². The average Bonchev–Trinajstić information content (AvgIpc) is 3.67. The van der Waals surface area contributed by atoms with E-state index in [1.807, 2.05) is 41.3 Å². The number of piperazine rings is 1. The fourth-order valence-corrected chi connectivity index (χ4v) is 8.89. The predicted molar refractivity (Wildman–Crippen MR) is 251 cm³/mol. The minimum Gasteiger partial charge on any atom is -0.379 e. The SMILES string of the molecule is CNC(=O)c1ccccc1Nc1nc(Nc2ccc(N3CCN(C(=O)N[C@H]4CC[C@@H](NCCOCCC#Cc5cccc6c5CN(C5CCC(=O)NC5=O)C6=O)CC4)CC3)cc2)ncc1Cl. The van der Waals surface area contributed by atoms with E-state index in [0.29, 0.717) is 85.3 Å². The lowest BCUT2D eigenvalue weighted by molar-refractivity contribution is -0.136. The van der Waals surface area contributed by atoms with Crippen LogP contribution in [0.3, 0.4) is 0 Å². The summed E-state index contributed by atoms with van der Waals surface area (Å²) < 4.78 is 5.84. The van der Waals surface area contributed by atoms with E-state index in [9.17, 15) is 24.0 Å². The number of hydrogen-bond donors (Lipinski definition) is 6. The number of carbonyl (C=O) groups excluding carboxylic acids is 5. The highest BCUT2D eigenvalue weighted by Gasteiger charge is 2.39. The zero-order valence-corrected chi connectivity index (χ0v) is 37.6. The number of urea groups is 1. The van der Waals surface area contributed by atoms with Crippen molar-refractivity contribution >= 4 is 70.1 Å².